The molecule has 1 aliphatic rings. The van der Waals surface area contributed by atoms with Gasteiger partial charge in [0.25, 0.3) is 0 Å². The van der Waals surface area contributed by atoms with E-state index in [1.54, 1.807) is 7.11 Å². The Morgan fingerprint density at radius 1 is 1.28 bits per heavy atom. The van der Waals surface area contributed by atoms with E-state index in [0.29, 0.717) is 19.7 Å². The average molecular weight is 271 g/mol. The Morgan fingerprint density at radius 3 is 2.67 bits per heavy atom. The number of benzene rings is 1. The lowest BCUT2D eigenvalue weighted by Crippen LogP contribution is -2.33. The summed E-state index contributed by atoms with van der Waals surface area (Å²) in [5.74, 6) is 0.823. The molecule has 1 aromatic rings. The lowest BCUT2D eigenvalue weighted by molar-refractivity contribution is 0.146. The molecule has 5 nitrogen and oxygen atoms in total. The molecule has 1 heterocycles. The minimum Gasteiger partial charge on any atom is -0.497 e. The number of rotatable bonds is 3. The van der Waals surface area contributed by atoms with E-state index >= 15 is 0 Å². The van der Waals surface area contributed by atoms with E-state index in [4.69, 9.17) is 9.47 Å². The summed E-state index contributed by atoms with van der Waals surface area (Å²) in [7, 11) is -1.59. The van der Waals surface area contributed by atoms with E-state index < -0.39 is 10.0 Å². The Bertz CT molecular complexity index is 483. The molecule has 0 amide bonds. The second-order valence-electron chi connectivity index (χ2n) is 4.11. The molecule has 0 bridgehead atoms. The van der Waals surface area contributed by atoms with Gasteiger partial charge in [-0.25, -0.2) is 8.42 Å². The Labute approximate surface area is 107 Å². The molecule has 0 radical (unpaired) electrons. The molecule has 0 atom stereocenters. The summed E-state index contributed by atoms with van der Waals surface area (Å²) >= 11 is 0. The molecule has 0 N–H and O–H groups in total. The highest BCUT2D eigenvalue weighted by atomic mass is 32.2. The van der Waals surface area contributed by atoms with Crippen LogP contribution in [0.3, 0.4) is 0 Å². The van der Waals surface area contributed by atoms with Gasteiger partial charge in [0.15, 0.2) is 0 Å². The van der Waals surface area contributed by atoms with E-state index in [2.05, 4.69) is 0 Å². The van der Waals surface area contributed by atoms with Gasteiger partial charge in [-0.05, 0) is 17.7 Å². The largest absolute Gasteiger partial charge is 0.497 e. The first-order valence-electron chi connectivity index (χ1n) is 5.80. The molecule has 0 saturated carbocycles. The summed E-state index contributed by atoms with van der Waals surface area (Å²) in [6, 6.07) is 7.41. The molecule has 0 aliphatic carbocycles. The van der Waals surface area contributed by atoms with Crippen LogP contribution in [0.5, 0.6) is 5.75 Å². The molecular formula is C12H17NO4S. The number of nitrogens with zero attached hydrogens (tertiary/aromatic N) is 1. The molecule has 1 saturated heterocycles. The second kappa shape index (κ2) is 5.69. The fourth-order valence-corrected chi connectivity index (χ4v) is 3.10. The normalized spacial score (nSPS) is 20.3. The first-order valence-corrected chi connectivity index (χ1v) is 7.41. The maximum atomic E-state index is 12.0. The third-order valence-electron chi connectivity index (χ3n) is 2.88. The van der Waals surface area contributed by atoms with Gasteiger partial charge in [-0.2, -0.15) is 4.31 Å². The van der Waals surface area contributed by atoms with Crippen molar-refractivity contribution in [3.05, 3.63) is 29.8 Å². The number of ether oxygens (including phenoxy) is 2. The Kier molecular flexibility index (Phi) is 4.21. The van der Waals surface area contributed by atoms with Gasteiger partial charge in [-0.15, -0.1) is 0 Å². The summed E-state index contributed by atoms with van der Waals surface area (Å²) < 4.78 is 35.6. The van der Waals surface area contributed by atoms with Crippen LogP contribution in [0.25, 0.3) is 0 Å². The standard InChI is InChI=1S/C12H17NO4S/c1-16-12-4-2-11(3-5-12)10-13-6-7-17-8-9-18(13,14)15/h2-5H,6-10H2,1H3. The number of methoxy groups -OCH3 is 1. The highest BCUT2D eigenvalue weighted by Gasteiger charge is 2.24. The van der Waals surface area contributed by atoms with Gasteiger partial charge in [0.2, 0.25) is 10.0 Å². The summed E-state index contributed by atoms with van der Waals surface area (Å²) in [4.78, 5) is 0. The van der Waals surface area contributed by atoms with Gasteiger partial charge >= 0.3 is 0 Å². The van der Waals surface area contributed by atoms with E-state index in [1.165, 1.54) is 4.31 Å². The molecule has 0 unspecified atom stereocenters. The monoisotopic (exact) mass is 271 g/mol. The molecule has 1 aromatic carbocycles. The summed E-state index contributed by atoms with van der Waals surface area (Å²) in [6.07, 6.45) is 0. The van der Waals surface area contributed by atoms with Crippen molar-refractivity contribution in [2.24, 2.45) is 0 Å². The molecule has 18 heavy (non-hydrogen) atoms. The molecule has 0 spiro atoms. The summed E-state index contributed by atoms with van der Waals surface area (Å²) in [5, 5.41) is 0. The zero-order valence-corrected chi connectivity index (χ0v) is 11.1. The van der Waals surface area contributed by atoms with E-state index in [1.807, 2.05) is 24.3 Å². The van der Waals surface area contributed by atoms with Crippen LogP contribution in [-0.2, 0) is 21.3 Å². The van der Waals surface area contributed by atoms with Gasteiger partial charge < -0.3 is 9.47 Å². The molecular weight excluding hydrogens is 254 g/mol. The predicted molar refractivity (Wildman–Crippen MR) is 68.0 cm³/mol. The Hall–Kier alpha value is -1.11. The van der Waals surface area contributed by atoms with E-state index in [0.717, 1.165) is 11.3 Å². The van der Waals surface area contributed by atoms with Crippen LogP contribution in [0, 0.1) is 0 Å². The Balaban J connectivity index is 2.10. The van der Waals surface area contributed by atoms with E-state index in [-0.39, 0.29) is 12.4 Å². The van der Waals surface area contributed by atoms with Crippen LogP contribution in [0.15, 0.2) is 24.3 Å². The summed E-state index contributed by atoms with van der Waals surface area (Å²) in [5.41, 5.74) is 0.946. The number of hydrogen-bond donors (Lipinski definition) is 0. The van der Waals surface area contributed by atoms with Crippen molar-refractivity contribution >= 4 is 10.0 Å². The van der Waals surface area contributed by atoms with Gasteiger partial charge in [-0.1, -0.05) is 12.1 Å². The molecule has 1 fully saturated rings. The predicted octanol–water partition coefficient (Wildman–Crippen LogP) is 0.857. The van der Waals surface area contributed by atoms with Gasteiger partial charge in [0, 0.05) is 13.1 Å². The van der Waals surface area contributed by atoms with Crippen LogP contribution < -0.4 is 4.74 Å². The molecule has 0 aromatic heterocycles. The topological polar surface area (TPSA) is 55.8 Å². The van der Waals surface area contributed by atoms with Crippen LogP contribution in [0.4, 0.5) is 0 Å². The minimum absolute atomic E-state index is 0.0587. The van der Waals surface area contributed by atoms with Gasteiger partial charge in [-0.3, -0.25) is 0 Å². The van der Waals surface area contributed by atoms with Crippen LogP contribution in [-0.4, -0.2) is 45.3 Å². The third-order valence-corrected chi connectivity index (χ3v) is 4.66. The van der Waals surface area contributed by atoms with Crippen LogP contribution in [0.2, 0.25) is 0 Å². The Morgan fingerprint density at radius 2 is 2.00 bits per heavy atom. The van der Waals surface area contributed by atoms with Crippen LogP contribution in [0.1, 0.15) is 5.56 Å². The van der Waals surface area contributed by atoms with Crippen molar-refractivity contribution in [2.75, 3.05) is 32.6 Å². The van der Waals surface area contributed by atoms with Crippen molar-refractivity contribution in [2.45, 2.75) is 6.54 Å². The number of sulfonamides is 1. The fourth-order valence-electron chi connectivity index (χ4n) is 1.81. The minimum atomic E-state index is -3.20. The second-order valence-corrected chi connectivity index (χ2v) is 6.20. The maximum absolute atomic E-state index is 12.0. The molecule has 100 valence electrons. The van der Waals surface area contributed by atoms with Crippen molar-refractivity contribution in [3.8, 4) is 5.75 Å². The van der Waals surface area contributed by atoms with Crippen LogP contribution >= 0.6 is 0 Å². The highest BCUT2D eigenvalue weighted by molar-refractivity contribution is 7.89. The first-order chi connectivity index (χ1) is 8.62. The average Bonchev–Trinajstić information content (AvgIpc) is 2.52. The fraction of sp³-hybridized carbons (Fsp3) is 0.500. The molecule has 2 rings (SSSR count). The third kappa shape index (κ3) is 3.22. The van der Waals surface area contributed by atoms with Crippen molar-refractivity contribution < 1.29 is 17.9 Å². The highest BCUT2D eigenvalue weighted by Crippen LogP contribution is 2.15. The van der Waals surface area contributed by atoms with Crippen molar-refractivity contribution in [1.29, 1.82) is 0 Å². The zero-order chi connectivity index (χ0) is 13.0. The smallest absolute Gasteiger partial charge is 0.216 e. The summed E-state index contributed by atoms with van der Waals surface area (Å²) in [6.45, 7) is 1.53. The van der Waals surface area contributed by atoms with Crippen molar-refractivity contribution in [1.82, 2.24) is 4.31 Å². The molecule has 1 aliphatic heterocycles. The quantitative estimate of drug-likeness (QED) is 0.818. The lowest BCUT2D eigenvalue weighted by atomic mass is 10.2. The van der Waals surface area contributed by atoms with Gasteiger partial charge in [0.1, 0.15) is 5.75 Å². The van der Waals surface area contributed by atoms with Crippen molar-refractivity contribution in [3.63, 3.8) is 0 Å². The first kappa shape index (κ1) is 13.3. The lowest BCUT2D eigenvalue weighted by Gasteiger charge is -2.18. The maximum Gasteiger partial charge on any atom is 0.216 e. The van der Waals surface area contributed by atoms with E-state index in [9.17, 15) is 8.42 Å². The molecule has 6 heteroatoms. The number of hydrogen-bond acceptors (Lipinski definition) is 4. The zero-order valence-electron chi connectivity index (χ0n) is 10.3. The van der Waals surface area contributed by atoms with Gasteiger partial charge in [0.05, 0.1) is 26.1 Å². The SMILES string of the molecule is COc1ccc(CN2CCOCCS2(=O)=O)cc1.